The fraction of sp³-hybridized carbons (Fsp3) is 0.500. The van der Waals surface area contributed by atoms with Crippen LogP contribution in [0.2, 0.25) is 0 Å². The average Bonchev–Trinajstić information content (AvgIpc) is 3.19. The van der Waals surface area contributed by atoms with Gasteiger partial charge in [0.1, 0.15) is 0 Å². The van der Waals surface area contributed by atoms with Crippen LogP contribution in [-0.2, 0) is 4.79 Å². The maximum absolute atomic E-state index is 14.4. The van der Waals surface area contributed by atoms with E-state index in [0.29, 0.717) is 11.3 Å². The Balaban J connectivity index is 2.39. The Labute approximate surface area is 111 Å². The van der Waals surface area contributed by atoms with Gasteiger partial charge in [-0.1, -0.05) is 6.07 Å². The van der Waals surface area contributed by atoms with Gasteiger partial charge < -0.3 is 14.6 Å². The third kappa shape index (κ3) is 2.80. The number of benzene rings is 1. The van der Waals surface area contributed by atoms with Crippen molar-refractivity contribution in [3.63, 3.8) is 0 Å². The molecule has 1 saturated carbocycles. The molecule has 1 fully saturated rings. The highest BCUT2D eigenvalue weighted by atomic mass is 19.1. The van der Waals surface area contributed by atoms with Gasteiger partial charge in [0.05, 0.1) is 20.6 Å². The van der Waals surface area contributed by atoms with E-state index in [9.17, 15) is 9.18 Å². The number of carboxylic acid groups (broad SMARTS) is 1. The Morgan fingerprint density at radius 3 is 2.58 bits per heavy atom. The van der Waals surface area contributed by atoms with Crippen LogP contribution >= 0.6 is 0 Å². The normalized spacial score (nSPS) is 15.9. The number of carboxylic acids is 1. The molecule has 0 heterocycles. The predicted octanol–water partition coefficient (Wildman–Crippen LogP) is 2.81. The summed E-state index contributed by atoms with van der Waals surface area (Å²) in [6.45, 7) is 0. The maximum atomic E-state index is 14.4. The molecule has 2 rings (SSSR count). The predicted molar refractivity (Wildman–Crippen MR) is 67.2 cm³/mol. The van der Waals surface area contributed by atoms with Gasteiger partial charge in [-0.25, -0.2) is 4.39 Å². The molecule has 19 heavy (non-hydrogen) atoms. The van der Waals surface area contributed by atoms with Gasteiger partial charge in [0, 0.05) is 5.92 Å². The van der Waals surface area contributed by atoms with Crippen molar-refractivity contribution in [1.29, 1.82) is 0 Å². The van der Waals surface area contributed by atoms with Crippen molar-refractivity contribution in [3.8, 4) is 11.5 Å². The maximum Gasteiger partial charge on any atom is 0.303 e. The Hall–Kier alpha value is -1.78. The summed E-state index contributed by atoms with van der Waals surface area (Å²) in [4.78, 5) is 10.9. The quantitative estimate of drug-likeness (QED) is 0.862. The molecule has 0 spiro atoms. The number of carbonyl (C=O) groups is 1. The summed E-state index contributed by atoms with van der Waals surface area (Å²) >= 11 is 0. The van der Waals surface area contributed by atoms with Gasteiger partial charge in [0.15, 0.2) is 17.3 Å². The van der Waals surface area contributed by atoms with E-state index in [2.05, 4.69) is 0 Å². The minimum atomic E-state index is -0.911. The van der Waals surface area contributed by atoms with Gasteiger partial charge in [-0.05, 0) is 30.4 Å². The molecule has 0 aromatic heterocycles. The van der Waals surface area contributed by atoms with Crippen LogP contribution in [0.25, 0.3) is 0 Å². The lowest BCUT2D eigenvalue weighted by molar-refractivity contribution is -0.137. The zero-order chi connectivity index (χ0) is 14.0. The number of rotatable bonds is 6. The topological polar surface area (TPSA) is 55.8 Å². The zero-order valence-electron chi connectivity index (χ0n) is 11.0. The van der Waals surface area contributed by atoms with Crippen molar-refractivity contribution in [3.05, 3.63) is 23.5 Å². The second-order valence-electron chi connectivity index (χ2n) is 4.75. The monoisotopic (exact) mass is 268 g/mol. The SMILES string of the molecule is COc1ccc(C(CC(=O)O)C2CC2)c(F)c1OC. The molecule has 0 aliphatic heterocycles. The number of aliphatic carboxylic acids is 1. The van der Waals surface area contributed by atoms with Crippen LogP contribution in [0.5, 0.6) is 11.5 Å². The molecular formula is C14H17FO4. The lowest BCUT2D eigenvalue weighted by Gasteiger charge is -2.18. The second-order valence-corrected chi connectivity index (χ2v) is 4.75. The van der Waals surface area contributed by atoms with Crippen LogP contribution in [0.15, 0.2) is 12.1 Å². The van der Waals surface area contributed by atoms with Crippen LogP contribution in [0.1, 0.15) is 30.7 Å². The van der Waals surface area contributed by atoms with Gasteiger partial charge in [-0.3, -0.25) is 4.79 Å². The highest BCUT2D eigenvalue weighted by Crippen LogP contribution is 2.47. The smallest absolute Gasteiger partial charge is 0.303 e. The summed E-state index contributed by atoms with van der Waals surface area (Å²) in [5, 5.41) is 8.96. The highest BCUT2D eigenvalue weighted by Gasteiger charge is 2.36. The van der Waals surface area contributed by atoms with E-state index < -0.39 is 11.8 Å². The molecule has 1 aliphatic carbocycles. The van der Waals surface area contributed by atoms with Gasteiger partial charge in [0.2, 0.25) is 0 Å². The highest BCUT2D eigenvalue weighted by molar-refractivity contribution is 5.68. The Morgan fingerprint density at radius 1 is 1.42 bits per heavy atom. The van der Waals surface area contributed by atoms with Crippen LogP contribution in [0, 0.1) is 11.7 Å². The minimum absolute atomic E-state index is 0.0380. The van der Waals surface area contributed by atoms with Gasteiger partial charge in [0.25, 0.3) is 0 Å². The molecule has 1 unspecified atom stereocenters. The molecule has 0 bridgehead atoms. The molecule has 1 atom stereocenters. The molecule has 1 aromatic rings. The van der Waals surface area contributed by atoms with Crippen LogP contribution in [-0.4, -0.2) is 25.3 Å². The summed E-state index contributed by atoms with van der Waals surface area (Å²) < 4.78 is 24.5. The minimum Gasteiger partial charge on any atom is -0.493 e. The first kappa shape index (κ1) is 13.6. The Kier molecular flexibility index (Phi) is 3.93. The fourth-order valence-corrected chi connectivity index (χ4v) is 2.41. The zero-order valence-corrected chi connectivity index (χ0v) is 11.0. The summed E-state index contributed by atoms with van der Waals surface area (Å²) in [7, 11) is 2.81. The van der Waals surface area contributed by atoms with Crippen LogP contribution in [0.4, 0.5) is 4.39 Å². The number of methoxy groups -OCH3 is 2. The molecule has 0 radical (unpaired) electrons. The molecule has 1 aliphatic rings. The molecular weight excluding hydrogens is 251 g/mol. The summed E-state index contributed by atoms with van der Waals surface area (Å²) in [6, 6.07) is 3.22. The molecule has 4 nitrogen and oxygen atoms in total. The molecule has 0 amide bonds. The largest absolute Gasteiger partial charge is 0.493 e. The first-order valence-corrected chi connectivity index (χ1v) is 6.20. The van der Waals surface area contributed by atoms with Crippen molar-refractivity contribution < 1.29 is 23.8 Å². The lowest BCUT2D eigenvalue weighted by Crippen LogP contribution is -2.11. The standard InChI is InChI=1S/C14H17FO4/c1-18-11-6-5-9(13(15)14(11)19-2)10(7-12(16)17)8-3-4-8/h5-6,8,10H,3-4,7H2,1-2H3,(H,16,17). The first-order chi connectivity index (χ1) is 9.08. The average molecular weight is 268 g/mol. The van der Waals surface area contributed by atoms with E-state index in [1.165, 1.54) is 14.2 Å². The molecule has 5 heteroatoms. The van der Waals surface area contributed by atoms with Gasteiger partial charge in [-0.2, -0.15) is 0 Å². The van der Waals surface area contributed by atoms with E-state index >= 15 is 0 Å². The van der Waals surface area contributed by atoms with E-state index in [1.54, 1.807) is 12.1 Å². The fourth-order valence-electron chi connectivity index (χ4n) is 2.41. The van der Waals surface area contributed by atoms with Crippen LogP contribution in [0.3, 0.4) is 0 Å². The number of halogens is 1. The molecule has 0 saturated heterocycles. The van der Waals surface area contributed by atoms with E-state index in [4.69, 9.17) is 14.6 Å². The summed E-state index contributed by atoms with van der Waals surface area (Å²) in [5.41, 5.74) is 0.405. The molecule has 104 valence electrons. The van der Waals surface area contributed by atoms with E-state index in [-0.39, 0.29) is 24.0 Å². The van der Waals surface area contributed by atoms with Crippen molar-refractivity contribution in [2.75, 3.05) is 14.2 Å². The van der Waals surface area contributed by atoms with Crippen molar-refractivity contribution in [1.82, 2.24) is 0 Å². The third-order valence-electron chi connectivity index (χ3n) is 3.50. The summed E-state index contributed by atoms with van der Waals surface area (Å²) in [6.07, 6.45) is 1.84. The Morgan fingerprint density at radius 2 is 2.11 bits per heavy atom. The van der Waals surface area contributed by atoms with Gasteiger partial charge in [-0.15, -0.1) is 0 Å². The second kappa shape index (κ2) is 5.47. The first-order valence-electron chi connectivity index (χ1n) is 6.20. The number of hydrogen-bond donors (Lipinski definition) is 1. The van der Waals surface area contributed by atoms with Crippen molar-refractivity contribution in [2.24, 2.45) is 5.92 Å². The van der Waals surface area contributed by atoms with E-state index in [1.807, 2.05) is 0 Å². The Bertz CT molecular complexity index is 483. The number of ether oxygens (including phenoxy) is 2. The molecule has 1 N–H and O–H groups in total. The third-order valence-corrected chi connectivity index (χ3v) is 3.50. The molecule has 1 aromatic carbocycles. The lowest BCUT2D eigenvalue weighted by atomic mass is 9.90. The number of hydrogen-bond acceptors (Lipinski definition) is 3. The summed E-state index contributed by atoms with van der Waals surface area (Å²) in [5.74, 6) is -1.11. The van der Waals surface area contributed by atoms with E-state index in [0.717, 1.165) is 12.8 Å². The van der Waals surface area contributed by atoms with Crippen molar-refractivity contribution in [2.45, 2.75) is 25.2 Å². The van der Waals surface area contributed by atoms with Gasteiger partial charge >= 0.3 is 5.97 Å². The van der Waals surface area contributed by atoms with Crippen LogP contribution < -0.4 is 9.47 Å². The van der Waals surface area contributed by atoms with Crippen molar-refractivity contribution >= 4 is 5.97 Å².